The molecule has 2 aromatic carbocycles. The van der Waals surface area contributed by atoms with E-state index in [1.807, 2.05) is 31.2 Å². The first-order valence-electron chi connectivity index (χ1n) is 10.4. The molecule has 10 heteroatoms. The number of carbonyl (C=O) groups is 1. The van der Waals surface area contributed by atoms with Crippen molar-refractivity contribution in [3.05, 3.63) is 70.1 Å². The highest BCUT2D eigenvalue weighted by Crippen LogP contribution is 2.33. The number of rotatable bonds is 6. The molecule has 1 unspecified atom stereocenters. The van der Waals surface area contributed by atoms with Crippen LogP contribution in [0.4, 0.5) is 5.69 Å². The number of ether oxygens (including phenoxy) is 1. The Balaban J connectivity index is 1.38. The van der Waals surface area contributed by atoms with Gasteiger partial charge in [-0.15, -0.1) is 0 Å². The summed E-state index contributed by atoms with van der Waals surface area (Å²) in [6.07, 6.45) is 1.69. The number of hydrogen-bond acceptors (Lipinski definition) is 6. The van der Waals surface area contributed by atoms with Crippen molar-refractivity contribution in [2.75, 3.05) is 17.7 Å². The van der Waals surface area contributed by atoms with Crippen molar-refractivity contribution >= 4 is 46.0 Å². The van der Waals surface area contributed by atoms with Gasteiger partial charge in [0.05, 0.1) is 24.5 Å². The minimum Gasteiger partial charge on any atom is -0.494 e. The second-order valence-electron chi connectivity index (χ2n) is 7.51. The normalized spacial score (nSPS) is 14.9. The quantitative estimate of drug-likeness (QED) is 0.413. The molecule has 168 valence electrons. The van der Waals surface area contributed by atoms with Gasteiger partial charge in [-0.2, -0.15) is 5.10 Å². The molecule has 1 aliphatic rings. The molecule has 1 N–H and O–H groups in total. The van der Waals surface area contributed by atoms with Gasteiger partial charge in [-0.3, -0.25) is 14.2 Å². The predicted molar refractivity (Wildman–Crippen MR) is 129 cm³/mol. The van der Waals surface area contributed by atoms with E-state index >= 15 is 0 Å². The van der Waals surface area contributed by atoms with Crippen LogP contribution in [0, 0.1) is 0 Å². The van der Waals surface area contributed by atoms with Crippen molar-refractivity contribution in [3.63, 3.8) is 0 Å². The van der Waals surface area contributed by atoms with Crippen LogP contribution in [0.5, 0.6) is 5.75 Å². The van der Waals surface area contributed by atoms with E-state index in [2.05, 4.69) is 10.4 Å². The van der Waals surface area contributed by atoms with E-state index in [0.717, 1.165) is 11.4 Å². The van der Waals surface area contributed by atoms with Gasteiger partial charge < -0.3 is 10.1 Å². The molecular weight excluding hydrogens is 462 g/mol. The van der Waals surface area contributed by atoms with Crippen LogP contribution in [0.2, 0.25) is 5.02 Å². The van der Waals surface area contributed by atoms with Gasteiger partial charge in [0.1, 0.15) is 11.1 Å². The summed E-state index contributed by atoms with van der Waals surface area (Å²) >= 11 is 7.44. The molecule has 4 aromatic rings. The summed E-state index contributed by atoms with van der Waals surface area (Å²) in [5, 5.41) is 8.86. The Bertz CT molecular complexity index is 1380. The molecule has 2 aromatic heterocycles. The average Bonchev–Trinajstić information content (AvgIpc) is 3.41. The first kappa shape index (κ1) is 21.5. The highest BCUT2D eigenvalue weighted by atomic mass is 35.5. The maximum Gasteiger partial charge on any atom is 0.265 e. The molecule has 8 nitrogen and oxygen atoms in total. The standard InChI is InChI=1S/C23H20ClN5O3S/c1-2-32-18-9-5-15(6-10-18)26-20(30)11-17-13-33-23-27-21-19(22(31)28(17)23)12-25-29(21)16-7-3-14(24)4-8-16/h3-10,12,17H,2,11,13H2,1H3,(H,26,30). The lowest BCUT2D eigenvalue weighted by Gasteiger charge is -2.14. The molecule has 0 bridgehead atoms. The number of amides is 1. The largest absolute Gasteiger partial charge is 0.494 e. The molecule has 1 atom stereocenters. The number of nitrogens with one attached hydrogen (secondary N) is 1. The summed E-state index contributed by atoms with van der Waals surface area (Å²) in [6, 6.07) is 14.1. The van der Waals surface area contributed by atoms with Crippen molar-refractivity contribution in [3.8, 4) is 11.4 Å². The van der Waals surface area contributed by atoms with Crippen LogP contribution in [0.25, 0.3) is 16.7 Å². The summed E-state index contributed by atoms with van der Waals surface area (Å²) < 4.78 is 8.66. The highest BCUT2D eigenvalue weighted by Gasteiger charge is 2.29. The molecule has 0 saturated heterocycles. The molecule has 0 radical (unpaired) electrons. The van der Waals surface area contributed by atoms with Crippen LogP contribution < -0.4 is 15.6 Å². The highest BCUT2D eigenvalue weighted by molar-refractivity contribution is 7.99. The van der Waals surface area contributed by atoms with Crippen molar-refractivity contribution in [1.29, 1.82) is 0 Å². The molecule has 33 heavy (non-hydrogen) atoms. The van der Waals surface area contributed by atoms with Crippen LogP contribution >= 0.6 is 23.4 Å². The molecule has 1 aliphatic heterocycles. The van der Waals surface area contributed by atoms with Gasteiger partial charge in [-0.25, -0.2) is 9.67 Å². The monoisotopic (exact) mass is 481 g/mol. The van der Waals surface area contributed by atoms with E-state index in [1.165, 1.54) is 18.0 Å². The zero-order valence-corrected chi connectivity index (χ0v) is 19.3. The summed E-state index contributed by atoms with van der Waals surface area (Å²) in [5.41, 5.74) is 1.74. The zero-order chi connectivity index (χ0) is 22.9. The third-order valence-electron chi connectivity index (χ3n) is 5.31. The molecule has 0 saturated carbocycles. The number of halogens is 1. The van der Waals surface area contributed by atoms with Gasteiger partial charge >= 0.3 is 0 Å². The van der Waals surface area contributed by atoms with E-state index < -0.39 is 0 Å². The summed E-state index contributed by atoms with van der Waals surface area (Å²) in [5.74, 6) is 1.18. The minimum atomic E-state index is -0.282. The zero-order valence-electron chi connectivity index (χ0n) is 17.7. The first-order valence-corrected chi connectivity index (χ1v) is 11.8. The Hall–Kier alpha value is -3.30. The predicted octanol–water partition coefficient (Wildman–Crippen LogP) is 4.31. The molecule has 0 spiro atoms. The fourth-order valence-corrected chi connectivity index (χ4v) is 5.04. The first-order chi connectivity index (χ1) is 16.0. The van der Waals surface area contributed by atoms with Crippen LogP contribution in [-0.4, -0.2) is 37.6 Å². The van der Waals surface area contributed by atoms with Gasteiger partial charge in [0.25, 0.3) is 5.56 Å². The number of benzene rings is 2. The van der Waals surface area contributed by atoms with Crippen LogP contribution in [0.3, 0.4) is 0 Å². The maximum absolute atomic E-state index is 13.3. The Morgan fingerprint density at radius 1 is 1.21 bits per heavy atom. The molecule has 1 amide bonds. The minimum absolute atomic E-state index is 0.165. The van der Waals surface area contributed by atoms with Crippen LogP contribution in [0.1, 0.15) is 19.4 Å². The maximum atomic E-state index is 13.3. The number of hydrogen-bond donors (Lipinski definition) is 1. The second kappa shape index (κ2) is 8.92. The molecule has 3 heterocycles. The van der Waals surface area contributed by atoms with Gasteiger partial charge in [0.15, 0.2) is 10.8 Å². The second-order valence-corrected chi connectivity index (χ2v) is 8.94. The van der Waals surface area contributed by atoms with E-state index in [-0.39, 0.29) is 23.9 Å². The van der Waals surface area contributed by atoms with Crippen molar-refractivity contribution < 1.29 is 9.53 Å². The van der Waals surface area contributed by atoms with Gasteiger partial charge in [0, 0.05) is 22.9 Å². The number of carbonyl (C=O) groups excluding carboxylic acids is 1. The fourth-order valence-electron chi connectivity index (χ4n) is 3.78. The fraction of sp³-hybridized carbons (Fsp3) is 0.217. The van der Waals surface area contributed by atoms with Crippen molar-refractivity contribution in [1.82, 2.24) is 19.3 Å². The number of nitrogens with zero attached hydrogens (tertiary/aromatic N) is 4. The van der Waals surface area contributed by atoms with E-state index in [9.17, 15) is 9.59 Å². The summed E-state index contributed by atoms with van der Waals surface area (Å²) in [4.78, 5) is 30.6. The summed E-state index contributed by atoms with van der Waals surface area (Å²) in [7, 11) is 0. The van der Waals surface area contributed by atoms with Crippen molar-refractivity contribution in [2.45, 2.75) is 24.5 Å². The van der Waals surface area contributed by atoms with Gasteiger partial charge in [0.2, 0.25) is 5.91 Å². The van der Waals surface area contributed by atoms with Crippen molar-refractivity contribution in [2.24, 2.45) is 0 Å². The van der Waals surface area contributed by atoms with Gasteiger partial charge in [-0.1, -0.05) is 23.4 Å². The molecular formula is C23H20ClN5O3S. The number of thioether (sulfide) groups is 1. The number of fused-ring (bicyclic) bond motifs is 2. The van der Waals surface area contributed by atoms with E-state index in [4.69, 9.17) is 21.3 Å². The average molecular weight is 482 g/mol. The lowest BCUT2D eigenvalue weighted by molar-refractivity contribution is -0.116. The number of aromatic nitrogens is 4. The number of anilines is 1. The topological polar surface area (TPSA) is 91.0 Å². The lowest BCUT2D eigenvalue weighted by atomic mass is 10.2. The lowest BCUT2D eigenvalue weighted by Crippen LogP contribution is -2.27. The summed E-state index contributed by atoms with van der Waals surface area (Å²) in [6.45, 7) is 2.50. The Labute approximate surface area is 198 Å². The Morgan fingerprint density at radius 3 is 2.70 bits per heavy atom. The van der Waals surface area contributed by atoms with Crippen LogP contribution in [0.15, 0.2) is 64.7 Å². The Morgan fingerprint density at radius 2 is 1.97 bits per heavy atom. The Kier molecular flexibility index (Phi) is 5.82. The molecule has 0 fully saturated rings. The van der Waals surface area contributed by atoms with E-state index in [1.54, 1.807) is 33.5 Å². The molecule has 5 rings (SSSR count). The van der Waals surface area contributed by atoms with Gasteiger partial charge in [-0.05, 0) is 55.5 Å². The third-order valence-corrected chi connectivity index (χ3v) is 6.66. The SMILES string of the molecule is CCOc1ccc(NC(=O)CC2CSc3nc4c(cnn4-c4ccc(Cl)cc4)c(=O)n32)cc1. The molecule has 0 aliphatic carbocycles. The van der Waals surface area contributed by atoms with Crippen LogP contribution in [-0.2, 0) is 4.79 Å². The van der Waals surface area contributed by atoms with E-state index in [0.29, 0.717) is 39.3 Å². The smallest absolute Gasteiger partial charge is 0.265 e. The third kappa shape index (κ3) is 4.21.